The zero-order valence-electron chi connectivity index (χ0n) is 13.2. The minimum Gasteiger partial charge on any atom is -0.348 e. The number of hydrogen-bond donors (Lipinski definition) is 0. The highest BCUT2D eigenvalue weighted by Crippen LogP contribution is 2.39. The molecule has 0 saturated carbocycles. The Kier molecular flexibility index (Phi) is 3.92. The van der Waals surface area contributed by atoms with E-state index in [0.29, 0.717) is 0 Å². The van der Waals surface area contributed by atoms with E-state index in [4.69, 9.17) is 4.98 Å². The van der Waals surface area contributed by atoms with Gasteiger partial charge in [0.05, 0.1) is 5.69 Å². The molecular weight excluding hydrogens is 278 g/mol. The van der Waals surface area contributed by atoms with Crippen molar-refractivity contribution in [2.45, 2.75) is 57.9 Å². The number of rotatable bonds is 3. The van der Waals surface area contributed by atoms with Gasteiger partial charge in [-0.15, -0.1) is 11.3 Å². The summed E-state index contributed by atoms with van der Waals surface area (Å²) in [5.41, 5.74) is 1.45. The summed E-state index contributed by atoms with van der Waals surface area (Å²) < 4.78 is 0. The first-order chi connectivity index (χ1) is 10.3. The molecule has 2 atom stereocenters. The Balaban J connectivity index is 1.55. The Labute approximate surface area is 132 Å². The summed E-state index contributed by atoms with van der Waals surface area (Å²) >= 11 is 2.00. The van der Waals surface area contributed by atoms with Crippen LogP contribution >= 0.6 is 11.3 Å². The molecule has 0 radical (unpaired) electrons. The van der Waals surface area contributed by atoms with Gasteiger partial charge >= 0.3 is 0 Å². The van der Waals surface area contributed by atoms with Crippen molar-refractivity contribution < 1.29 is 0 Å². The summed E-state index contributed by atoms with van der Waals surface area (Å²) in [4.78, 5) is 11.9. The van der Waals surface area contributed by atoms with Crippen molar-refractivity contribution in [2.24, 2.45) is 5.92 Å². The number of hydrogen-bond acceptors (Lipinski definition) is 4. The molecule has 3 nitrogen and oxygen atoms in total. The van der Waals surface area contributed by atoms with E-state index in [-0.39, 0.29) is 0 Å². The van der Waals surface area contributed by atoms with Crippen molar-refractivity contribution >= 4 is 16.5 Å². The highest BCUT2D eigenvalue weighted by molar-refractivity contribution is 7.15. The molecule has 0 N–H and O–H groups in total. The number of anilines is 1. The molecule has 3 heterocycles. The fourth-order valence-corrected chi connectivity index (χ4v) is 5.67. The Morgan fingerprint density at radius 2 is 2.00 bits per heavy atom. The summed E-state index contributed by atoms with van der Waals surface area (Å²) in [6.45, 7) is 7.37. The average molecular weight is 305 g/mol. The number of fused-ring (bicyclic) bond motifs is 2. The van der Waals surface area contributed by atoms with Crippen LogP contribution in [0.2, 0.25) is 0 Å². The van der Waals surface area contributed by atoms with Crippen molar-refractivity contribution in [3.8, 4) is 0 Å². The van der Waals surface area contributed by atoms with Crippen LogP contribution < -0.4 is 4.90 Å². The standard InChI is InChI=1S/C17H27N3S/c1-2-7-19-10-5-6-13-11-14-16(12-15(13)19)21-17(18-14)20-8-3-4-9-20/h13,15H,2-12H2,1H3. The molecule has 1 aliphatic carbocycles. The molecule has 2 saturated heterocycles. The summed E-state index contributed by atoms with van der Waals surface area (Å²) in [5, 5.41) is 1.32. The van der Waals surface area contributed by atoms with Crippen molar-refractivity contribution in [3.05, 3.63) is 10.6 Å². The van der Waals surface area contributed by atoms with Gasteiger partial charge in [0.15, 0.2) is 5.13 Å². The van der Waals surface area contributed by atoms with Gasteiger partial charge < -0.3 is 4.90 Å². The molecule has 1 aromatic rings. The normalized spacial score (nSPS) is 29.5. The highest BCUT2D eigenvalue weighted by Gasteiger charge is 2.37. The van der Waals surface area contributed by atoms with Gasteiger partial charge in [-0.3, -0.25) is 4.90 Å². The minimum absolute atomic E-state index is 0.804. The first-order valence-electron chi connectivity index (χ1n) is 8.82. The second kappa shape index (κ2) is 5.88. The van der Waals surface area contributed by atoms with Crippen molar-refractivity contribution in [1.82, 2.24) is 9.88 Å². The summed E-state index contributed by atoms with van der Waals surface area (Å²) in [7, 11) is 0. The lowest BCUT2D eigenvalue weighted by Crippen LogP contribution is -2.49. The SMILES string of the molecule is CCCN1CCCC2Cc3nc(N4CCCC4)sc3CC21. The molecule has 21 heavy (non-hydrogen) atoms. The molecule has 0 aromatic carbocycles. The number of piperidine rings is 1. The fourth-order valence-electron chi connectivity index (χ4n) is 4.48. The van der Waals surface area contributed by atoms with Crippen LogP contribution in [0.15, 0.2) is 0 Å². The molecule has 116 valence electrons. The molecule has 4 heteroatoms. The maximum absolute atomic E-state index is 5.02. The fraction of sp³-hybridized carbons (Fsp3) is 0.824. The summed E-state index contributed by atoms with van der Waals surface area (Å²) in [5.74, 6) is 0.867. The van der Waals surface area contributed by atoms with E-state index in [1.807, 2.05) is 11.3 Å². The average Bonchev–Trinajstić information content (AvgIpc) is 3.14. The number of nitrogens with zero attached hydrogens (tertiary/aromatic N) is 3. The first kappa shape index (κ1) is 14.0. The van der Waals surface area contributed by atoms with Gasteiger partial charge in [-0.2, -0.15) is 0 Å². The molecule has 0 spiro atoms. The maximum Gasteiger partial charge on any atom is 0.185 e. The van der Waals surface area contributed by atoms with Crippen LogP contribution in [0, 0.1) is 5.92 Å². The van der Waals surface area contributed by atoms with E-state index in [2.05, 4.69) is 16.7 Å². The lowest BCUT2D eigenvalue weighted by molar-refractivity contribution is 0.0857. The van der Waals surface area contributed by atoms with Gasteiger partial charge in [-0.1, -0.05) is 6.92 Å². The number of thiazole rings is 1. The van der Waals surface area contributed by atoms with Gasteiger partial charge in [-0.25, -0.2) is 4.98 Å². The Bertz CT molecular complexity index is 490. The Hall–Kier alpha value is -0.610. The van der Waals surface area contributed by atoms with E-state index in [1.54, 1.807) is 4.88 Å². The van der Waals surface area contributed by atoms with Gasteiger partial charge in [0.25, 0.3) is 0 Å². The largest absolute Gasteiger partial charge is 0.348 e. The van der Waals surface area contributed by atoms with E-state index in [0.717, 1.165) is 12.0 Å². The first-order valence-corrected chi connectivity index (χ1v) is 9.64. The van der Waals surface area contributed by atoms with Crippen LogP contribution in [0.3, 0.4) is 0 Å². The van der Waals surface area contributed by atoms with Crippen molar-refractivity contribution in [1.29, 1.82) is 0 Å². The molecular formula is C17H27N3S. The van der Waals surface area contributed by atoms with Crippen LogP contribution in [0.4, 0.5) is 5.13 Å². The predicted molar refractivity (Wildman–Crippen MR) is 89.3 cm³/mol. The second-order valence-corrected chi connectivity index (χ2v) is 8.04. The third-order valence-corrected chi connectivity index (χ3v) is 6.72. The van der Waals surface area contributed by atoms with Crippen molar-refractivity contribution in [2.75, 3.05) is 31.1 Å². The summed E-state index contributed by atoms with van der Waals surface area (Å²) in [6.07, 6.45) is 9.30. The molecule has 0 amide bonds. The highest BCUT2D eigenvalue weighted by atomic mass is 32.1. The van der Waals surface area contributed by atoms with Gasteiger partial charge in [0.1, 0.15) is 0 Å². The number of likely N-dealkylation sites (tertiary alicyclic amines) is 1. The quantitative estimate of drug-likeness (QED) is 0.854. The zero-order valence-corrected chi connectivity index (χ0v) is 14.0. The third-order valence-electron chi connectivity index (χ3n) is 5.54. The molecule has 1 aromatic heterocycles. The zero-order chi connectivity index (χ0) is 14.2. The molecule has 2 aliphatic heterocycles. The van der Waals surface area contributed by atoms with Gasteiger partial charge in [0, 0.05) is 24.0 Å². The van der Waals surface area contributed by atoms with E-state index < -0.39 is 0 Å². The van der Waals surface area contributed by atoms with Crippen LogP contribution in [0.25, 0.3) is 0 Å². The van der Waals surface area contributed by atoms with Crippen LogP contribution in [0.5, 0.6) is 0 Å². The maximum atomic E-state index is 5.02. The molecule has 2 unspecified atom stereocenters. The molecule has 0 bridgehead atoms. The minimum atomic E-state index is 0.804. The van der Waals surface area contributed by atoms with Crippen LogP contribution in [0.1, 0.15) is 49.6 Å². The van der Waals surface area contributed by atoms with E-state index in [9.17, 15) is 0 Å². The van der Waals surface area contributed by atoms with Crippen LogP contribution in [-0.2, 0) is 12.8 Å². The lowest BCUT2D eigenvalue weighted by atomic mass is 9.79. The smallest absolute Gasteiger partial charge is 0.185 e. The predicted octanol–water partition coefficient (Wildman–Crippen LogP) is 3.33. The van der Waals surface area contributed by atoms with Gasteiger partial charge in [-0.05, 0) is 64.0 Å². The molecule has 3 aliphatic rings. The van der Waals surface area contributed by atoms with E-state index in [1.165, 1.54) is 82.0 Å². The van der Waals surface area contributed by atoms with Gasteiger partial charge in [0.2, 0.25) is 0 Å². The van der Waals surface area contributed by atoms with E-state index >= 15 is 0 Å². The monoisotopic (exact) mass is 305 g/mol. The number of aromatic nitrogens is 1. The van der Waals surface area contributed by atoms with Crippen LogP contribution in [-0.4, -0.2) is 42.1 Å². The van der Waals surface area contributed by atoms with Crippen molar-refractivity contribution in [3.63, 3.8) is 0 Å². The topological polar surface area (TPSA) is 19.4 Å². The Morgan fingerprint density at radius 1 is 1.14 bits per heavy atom. The lowest BCUT2D eigenvalue weighted by Gasteiger charge is -2.43. The summed E-state index contributed by atoms with van der Waals surface area (Å²) in [6, 6.07) is 0.804. The Morgan fingerprint density at radius 3 is 2.81 bits per heavy atom. The third kappa shape index (κ3) is 2.61. The second-order valence-electron chi connectivity index (χ2n) is 6.97. The molecule has 2 fully saturated rings. The molecule has 4 rings (SSSR count).